The molecule has 1 fully saturated rings. The Morgan fingerprint density at radius 2 is 1.48 bits per heavy atom. The van der Waals surface area contributed by atoms with Crippen molar-refractivity contribution < 1.29 is 9.59 Å². The van der Waals surface area contributed by atoms with Crippen LogP contribution in [0.5, 0.6) is 0 Å². The molecular weight excluding hydrogens is 536 g/mol. The van der Waals surface area contributed by atoms with Crippen molar-refractivity contribution in [1.29, 1.82) is 0 Å². The molecule has 0 spiro atoms. The van der Waals surface area contributed by atoms with Crippen molar-refractivity contribution in [3.63, 3.8) is 0 Å². The van der Waals surface area contributed by atoms with Gasteiger partial charge in [0.25, 0.3) is 11.1 Å². The summed E-state index contributed by atoms with van der Waals surface area (Å²) >= 11 is 5.46. The molecule has 0 saturated carbocycles. The molecule has 0 bridgehead atoms. The van der Waals surface area contributed by atoms with Gasteiger partial charge in [-0.05, 0) is 98.4 Å². The zero-order valence-electron chi connectivity index (χ0n) is 11.8. The highest BCUT2D eigenvalue weighted by Crippen LogP contribution is 2.33. The minimum atomic E-state index is -0.225. The highest BCUT2D eigenvalue weighted by Gasteiger charge is 2.34. The van der Waals surface area contributed by atoms with E-state index in [4.69, 9.17) is 0 Å². The third-order valence-electron chi connectivity index (χ3n) is 3.30. The normalized spacial score (nSPS) is 16.4. The van der Waals surface area contributed by atoms with Crippen LogP contribution in [0.1, 0.15) is 11.1 Å². The van der Waals surface area contributed by atoms with Gasteiger partial charge in [-0.25, -0.2) is 0 Å². The van der Waals surface area contributed by atoms with E-state index in [1.54, 1.807) is 6.08 Å². The number of benzene rings is 2. The first-order chi connectivity index (χ1) is 11.0. The molecular formula is C17H11I2NO2S. The molecule has 0 unspecified atom stereocenters. The number of halogens is 2. The largest absolute Gasteiger partial charge is 0.293 e. The van der Waals surface area contributed by atoms with Crippen molar-refractivity contribution in [2.24, 2.45) is 0 Å². The Morgan fingerprint density at radius 3 is 2.09 bits per heavy atom. The summed E-state index contributed by atoms with van der Waals surface area (Å²) in [5, 5.41) is -0.217. The molecule has 1 aliphatic rings. The van der Waals surface area contributed by atoms with Crippen LogP contribution in [-0.2, 0) is 11.3 Å². The van der Waals surface area contributed by atoms with Gasteiger partial charge in [0.1, 0.15) is 0 Å². The van der Waals surface area contributed by atoms with Crippen LogP contribution >= 0.6 is 56.9 Å². The fourth-order valence-electron chi connectivity index (χ4n) is 2.12. The Morgan fingerprint density at radius 1 is 0.913 bits per heavy atom. The average molecular weight is 547 g/mol. The number of nitrogens with zero attached hydrogens (tertiary/aromatic N) is 1. The molecule has 1 aliphatic heterocycles. The first-order valence-corrected chi connectivity index (χ1v) is 9.76. The van der Waals surface area contributed by atoms with E-state index in [0.29, 0.717) is 11.4 Å². The van der Waals surface area contributed by atoms with Gasteiger partial charge in [-0.1, -0.05) is 24.3 Å². The summed E-state index contributed by atoms with van der Waals surface area (Å²) in [5.74, 6) is -0.225. The van der Waals surface area contributed by atoms with E-state index in [1.165, 1.54) is 4.90 Å². The lowest BCUT2D eigenvalue weighted by atomic mass is 10.2. The van der Waals surface area contributed by atoms with Crippen molar-refractivity contribution >= 4 is 74.2 Å². The zero-order valence-corrected chi connectivity index (χ0v) is 17.0. The molecule has 0 aromatic heterocycles. The molecule has 6 heteroatoms. The van der Waals surface area contributed by atoms with Crippen molar-refractivity contribution in [3.8, 4) is 0 Å². The molecule has 23 heavy (non-hydrogen) atoms. The van der Waals surface area contributed by atoms with E-state index in [1.807, 2.05) is 48.5 Å². The van der Waals surface area contributed by atoms with E-state index in [9.17, 15) is 9.59 Å². The Kier molecular flexibility index (Phi) is 5.42. The zero-order chi connectivity index (χ0) is 16.4. The topological polar surface area (TPSA) is 37.4 Å². The van der Waals surface area contributed by atoms with Crippen LogP contribution in [-0.4, -0.2) is 16.0 Å². The summed E-state index contributed by atoms with van der Waals surface area (Å²) in [6, 6.07) is 15.6. The smallest absolute Gasteiger partial charge is 0.268 e. The Balaban J connectivity index is 1.79. The highest BCUT2D eigenvalue weighted by atomic mass is 127. The predicted octanol–water partition coefficient (Wildman–Crippen LogP) is 5.13. The van der Waals surface area contributed by atoms with E-state index in [-0.39, 0.29) is 11.1 Å². The summed E-state index contributed by atoms with van der Waals surface area (Å²) in [4.78, 5) is 26.4. The minimum absolute atomic E-state index is 0.217. The van der Waals surface area contributed by atoms with Gasteiger partial charge < -0.3 is 0 Å². The summed E-state index contributed by atoms with van der Waals surface area (Å²) in [5.41, 5.74) is 1.87. The molecule has 3 nitrogen and oxygen atoms in total. The highest BCUT2D eigenvalue weighted by molar-refractivity contribution is 14.1. The average Bonchev–Trinajstić information content (AvgIpc) is 2.79. The lowest BCUT2D eigenvalue weighted by Crippen LogP contribution is -2.27. The summed E-state index contributed by atoms with van der Waals surface area (Å²) in [6.07, 6.45) is 1.77. The number of rotatable bonds is 3. The molecule has 2 amide bonds. The maximum absolute atomic E-state index is 12.5. The molecule has 0 N–H and O–H groups in total. The van der Waals surface area contributed by atoms with E-state index >= 15 is 0 Å². The van der Waals surface area contributed by atoms with Gasteiger partial charge in [-0.15, -0.1) is 0 Å². The minimum Gasteiger partial charge on any atom is -0.268 e. The van der Waals surface area contributed by atoms with E-state index < -0.39 is 0 Å². The molecule has 0 aliphatic carbocycles. The number of hydrogen-bond donors (Lipinski definition) is 0. The maximum Gasteiger partial charge on any atom is 0.293 e. The van der Waals surface area contributed by atoms with Crippen LogP contribution in [0.3, 0.4) is 0 Å². The van der Waals surface area contributed by atoms with Gasteiger partial charge in [0.15, 0.2) is 0 Å². The second-order valence-electron chi connectivity index (χ2n) is 4.95. The summed E-state index contributed by atoms with van der Waals surface area (Å²) in [7, 11) is 0. The molecule has 2 aromatic carbocycles. The molecule has 1 heterocycles. The van der Waals surface area contributed by atoms with Crippen LogP contribution in [0, 0.1) is 7.14 Å². The molecule has 116 valence electrons. The first kappa shape index (κ1) is 17.0. The van der Waals surface area contributed by atoms with Gasteiger partial charge in [-0.2, -0.15) is 0 Å². The number of carbonyl (C=O) groups is 2. The van der Waals surface area contributed by atoms with Crippen LogP contribution in [0.2, 0.25) is 0 Å². The van der Waals surface area contributed by atoms with Gasteiger partial charge in [0.05, 0.1) is 11.4 Å². The van der Waals surface area contributed by atoms with E-state index in [2.05, 4.69) is 45.2 Å². The number of amides is 2. The second kappa shape index (κ2) is 7.35. The van der Waals surface area contributed by atoms with Crippen LogP contribution in [0.4, 0.5) is 4.79 Å². The monoisotopic (exact) mass is 547 g/mol. The van der Waals surface area contributed by atoms with Crippen molar-refractivity contribution in [2.75, 3.05) is 0 Å². The third kappa shape index (κ3) is 4.16. The van der Waals surface area contributed by atoms with Crippen molar-refractivity contribution in [1.82, 2.24) is 4.90 Å². The molecule has 1 saturated heterocycles. The van der Waals surface area contributed by atoms with Gasteiger partial charge in [0.2, 0.25) is 0 Å². The molecule has 0 atom stereocenters. The predicted molar refractivity (Wildman–Crippen MR) is 110 cm³/mol. The van der Waals surface area contributed by atoms with Crippen LogP contribution in [0.15, 0.2) is 53.4 Å². The van der Waals surface area contributed by atoms with Crippen LogP contribution < -0.4 is 0 Å². The Hall–Kier alpha value is -0.870. The Bertz CT molecular complexity index is 785. The number of thioether (sulfide) groups is 1. The lowest BCUT2D eigenvalue weighted by Gasteiger charge is -2.12. The quantitative estimate of drug-likeness (QED) is 0.395. The van der Waals surface area contributed by atoms with Gasteiger partial charge >= 0.3 is 0 Å². The lowest BCUT2D eigenvalue weighted by molar-refractivity contribution is -0.123. The fourth-order valence-corrected chi connectivity index (χ4v) is 3.68. The second-order valence-corrected chi connectivity index (χ2v) is 8.43. The Labute approximate surface area is 165 Å². The number of carbonyl (C=O) groups excluding carboxylic acids is 2. The standard InChI is InChI=1S/C17H11I2NO2S/c18-13-5-1-11(2-6-13)9-15-16(21)20(17(22)23-15)10-12-3-7-14(19)8-4-12/h1-9H,10H2/b15-9-. The van der Waals surface area contributed by atoms with E-state index in [0.717, 1.165) is 30.0 Å². The van der Waals surface area contributed by atoms with Gasteiger partial charge in [-0.3, -0.25) is 14.5 Å². The number of imide groups is 1. The van der Waals surface area contributed by atoms with Crippen LogP contribution in [0.25, 0.3) is 6.08 Å². The van der Waals surface area contributed by atoms with Crippen molar-refractivity contribution in [2.45, 2.75) is 6.54 Å². The molecule has 2 aromatic rings. The molecule has 0 radical (unpaired) electrons. The first-order valence-electron chi connectivity index (χ1n) is 6.78. The SMILES string of the molecule is O=C1S/C(=C\c2ccc(I)cc2)C(=O)N1Cc1ccc(I)cc1. The summed E-state index contributed by atoms with van der Waals surface area (Å²) in [6.45, 7) is 0.311. The maximum atomic E-state index is 12.5. The fraction of sp³-hybridized carbons (Fsp3) is 0.0588. The molecule has 3 rings (SSSR count). The van der Waals surface area contributed by atoms with Gasteiger partial charge in [0, 0.05) is 7.14 Å². The number of hydrogen-bond acceptors (Lipinski definition) is 3. The van der Waals surface area contributed by atoms with Crippen molar-refractivity contribution in [3.05, 3.63) is 71.7 Å². The third-order valence-corrected chi connectivity index (χ3v) is 5.64. The summed E-state index contributed by atoms with van der Waals surface area (Å²) < 4.78 is 2.26.